The number of rotatable bonds is 4. The first kappa shape index (κ1) is 11.1. The summed E-state index contributed by atoms with van der Waals surface area (Å²) in [6, 6.07) is -0.842. The molecule has 1 unspecified atom stereocenters. The number of carboxylic acid groups (broad SMARTS) is 1. The van der Waals surface area contributed by atoms with Crippen molar-refractivity contribution in [3.8, 4) is 0 Å². The van der Waals surface area contributed by atoms with E-state index in [0.29, 0.717) is 0 Å². The number of carbonyl (C=O) groups is 2. The monoisotopic (exact) mass is 174 g/mol. The first-order chi connectivity index (χ1) is 5.36. The molecule has 5 heteroatoms. The molecule has 0 heterocycles. The topological polar surface area (TPSA) is 106 Å². The second-order valence-electron chi connectivity index (χ2n) is 2.78. The van der Waals surface area contributed by atoms with Gasteiger partial charge in [0.25, 0.3) is 0 Å². The van der Waals surface area contributed by atoms with E-state index >= 15 is 0 Å². The fourth-order valence-electron chi connectivity index (χ4n) is 0.837. The van der Waals surface area contributed by atoms with Crippen LogP contribution in [0.4, 0.5) is 0 Å². The summed E-state index contributed by atoms with van der Waals surface area (Å²) in [5.74, 6) is -1.97. The highest BCUT2D eigenvalue weighted by molar-refractivity contribution is 6.09. The van der Waals surface area contributed by atoms with Crippen LogP contribution in [0, 0.1) is 0 Å². The average Bonchev–Trinajstić information content (AvgIpc) is 2.01. The third-order valence-electron chi connectivity index (χ3n) is 1.79. The minimum Gasteiger partial charge on any atom is -0.480 e. The minimum absolute atomic E-state index is 0.0444. The Labute approximate surface area is 70.7 Å². The Morgan fingerprint density at radius 2 is 2.00 bits per heavy atom. The first-order valence-corrected chi connectivity index (χ1v) is 3.68. The number of carbonyl (C=O) groups excluding carboxylic acids is 1. The van der Waals surface area contributed by atoms with E-state index in [9.17, 15) is 9.59 Å². The normalized spacial score (nSPS) is 18.0. The molecule has 0 radical (unpaired) electrons. The van der Waals surface area contributed by atoms with Crippen molar-refractivity contribution in [1.82, 2.24) is 0 Å². The number of aliphatic carboxylic acids is 1. The molecule has 0 saturated heterocycles. The fourth-order valence-corrected chi connectivity index (χ4v) is 0.837. The van der Waals surface area contributed by atoms with E-state index in [-0.39, 0.29) is 6.42 Å². The van der Waals surface area contributed by atoms with Gasteiger partial charge in [-0.2, -0.15) is 0 Å². The zero-order valence-corrected chi connectivity index (χ0v) is 7.20. The standard InChI is InChI=1S/C7H14N2O3/c1-3-7(9,6(11)12)5(10)4(2)8/h4H,3,8-9H2,1-2H3,(H,11,12)/t4-,7?/m0/s1. The van der Waals surface area contributed by atoms with Crippen LogP contribution >= 0.6 is 0 Å². The zero-order valence-electron chi connectivity index (χ0n) is 7.20. The van der Waals surface area contributed by atoms with Crippen molar-refractivity contribution in [2.24, 2.45) is 11.5 Å². The van der Waals surface area contributed by atoms with Gasteiger partial charge in [0.2, 0.25) is 0 Å². The van der Waals surface area contributed by atoms with Gasteiger partial charge in [-0.1, -0.05) is 6.92 Å². The SMILES string of the molecule is CCC(N)(C(=O)O)C(=O)[C@H](C)N. The van der Waals surface area contributed by atoms with E-state index in [4.69, 9.17) is 16.6 Å². The Balaban J connectivity index is 4.76. The maximum atomic E-state index is 11.2. The Morgan fingerprint density at radius 3 is 2.08 bits per heavy atom. The van der Waals surface area contributed by atoms with Crippen molar-refractivity contribution >= 4 is 11.8 Å². The van der Waals surface area contributed by atoms with E-state index in [1.54, 1.807) is 0 Å². The summed E-state index contributed by atoms with van der Waals surface area (Å²) in [5, 5.41) is 8.65. The molecule has 0 fully saturated rings. The molecule has 2 atom stereocenters. The van der Waals surface area contributed by atoms with Gasteiger partial charge in [-0.15, -0.1) is 0 Å². The molecular weight excluding hydrogens is 160 g/mol. The number of ketones is 1. The lowest BCUT2D eigenvalue weighted by atomic mass is 9.89. The Hall–Kier alpha value is -0.940. The number of Topliss-reactive ketones (excluding diaryl/α,β-unsaturated/α-hetero) is 1. The molecule has 12 heavy (non-hydrogen) atoms. The number of hydrogen-bond donors (Lipinski definition) is 3. The van der Waals surface area contributed by atoms with Crippen LogP contribution in [0.25, 0.3) is 0 Å². The molecule has 0 aromatic carbocycles. The van der Waals surface area contributed by atoms with E-state index in [2.05, 4.69) is 0 Å². The van der Waals surface area contributed by atoms with Gasteiger partial charge in [0, 0.05) is 0 Å². The van der Waals surface area contributed by atoms with Gasteiger partial charge in [-0.05, 0) is 13.3 Å². The third kappa shape index (κ3) is 1.80. The molecule has 0 saturated carbocycles. The Bertz CT molecular complexity index is 203. The Kier molecular flexibility index (Phi) is 3.36. The molecule has 5 nitrogen and oxygen atoms in total. The van der Waals surface area contributed by atoms with Crippen molar-refractivity contribution in [3.63, 3.8) is 0 Å². The van der Waals surface area contributed by atoms with Gasteiger partial charge in [0.15, 0.2) is 11.3 Å². The van der Waals surface area contributed by atoms with Crippen molar-refractivity contribution in [2.45, 2.75) is 31.8 Å². The van der Waals surface area contributed by atoms with E-state index in [0.717, 1.165) is 0 Å². The maximum Gasteiger partial charge on any atom is 0.331 e. The Morgan fingerprint density at radius 1 is 1.58 bits per heavy atom. The lowest BCUT2D eigenvalue weighted by Gasteiger charge is -2.22. The maximum absolute atomic E-state index is 11.2. The van der Waals surface area contributed by atoms with Crippen molar-refractivity contribution in [1.29, 1.82) is 0 Å². The molecule has 0 aromatic rings. The molecule has 0 amide bonds. The van der Waals surface area contributed by atoms with Crippen LogP contribution in [0.3, 0.4) is 0 Å². The highest BCUT2D eigenvalue weighted by Gasteiger charge is 2.41. The molecule has 0 bridgehead atoms. The van der Waals surface area contributed by atoms with Crippen LogP contribution in [-0.2, 0) is 9.59 Å². The summed E-state index contributed by atoms with van der Waals surface area (Å²) in [4.78, 5) is 21.8. The largest absolute Gasteiger partial charge is 0.480 e. The van der Waals surface area contributed by atoms with Crippen LogP contribution in [0.15, 0.2) is 0 Å². The van der Waals surface area contributed by atoms with Gasteiger partial charge in [0.05, 0.1) is 6.04 Å². The predicted octanol–water partition coefficient (Wildman–Crippen LogP) is -0.905. The van der Waals surface area contributed by atoms with Gasteiger partial charge in [-0.25, -0.2) is 4.79 Å². The number of hydrogen-bond acceptors (Lipinski definition) is 4. The lowest BCUT2D eigenvalue weighted by molar-refractivity contribution is -0.148. The quantitative estimate of drug-likeness (QED) is 0.478. The van der Waals surface area contributed by atoms with Gasteiger partial charge >= 0.3 is 5.97 Å². The van der Waals surface area contributed by atoms with Crippen LogP contribution in [0.2, 0.25) is 0 Å². The van der Waals surface area contributed by atoms with E-state index in [1.807, 2.05) is 0 Å². The van der Waals surface area contributed by atoms with Crippen LogP contribution in [-0.4, -0.2) is 28.4 Å². The predicted molar refractivity (Wildman–Crippen MR) is 43.5 cm³/mol. The van der Waals surface area contributed by atoms with Crippen molar-refractivity contribution in [2.75, 3.05) is 0 Å². The molecule has 0 spiro atoms. The molecule has 0 rings (SSSR count). The molecule has 0 aliphatic carbocycles. The lowest BCUT2D eigenvalue weighted by Crippen LogP contribution is -2.59. The van der Waals surface area contributed by atoms with E-state index < -0.39 is 23.3 Å². The van der Waals surface area contributed by atoms with Gasteiger partial charge < -0.3 is 16.6 Å². The summed E-state index contributed by atoms with van der Waals surface area (Å²) in [6.07, 6.45) is 0.0444. The first-order valence-electron chi connectivity index (χ1n) is 3.68. The second kappa shape index (κ2) is 3.64. The highest BCUT2D eigenvalue weighted by atomic mass is 16.4. The third-order valence-corrected chi connectivity index (χ3v) is 1.79. The molecule has 0 aliphatic rings. The smallest absolute Gasteiger partial charge is 0.331 e. The van der Waals surface area contributed by atoms with E-state index in [1.165, 1.54) is 13.8 Å². The molecular formula is C7H14N2O3. The molecule has 5 N–H and O–H groups in total. The van der Waals surface area contributed by atoms with Crippen LogP contribution < -0.4 is 11.5 Å². The number of carboxylic acids is 1. The summed E-state index contributed by atoms with van der Waals surface area (Å²) >= 11 is 0. The molecule has 0 aliphatic heterocycles. The van der Waals surface area contributed by atoms with Gasteiger partial charge in [0.1, 0.15) is 0 Å². The van der Waals surface area contributed by atoms with Crippen LogP contribution in [0.5, 0.6) is 0 Å². The highest BCUT2D eigenvalue weighted by Crippen LogP contribution is 2.09. The van der Waals surface area contributed by atoms with Crippen LogP contribution in [0.1, 0.15) is 20.3 Å². The average molecular weight is 174 g/mol. The fraction of sp³-hybridized carbons (Fsp3) is 0.714. The van der Waals surface area contributed by atoms with Crippen molar-refractivity contribution in [3.05, 3.63) is 0 Å². The van der Waals surface area contributed by atoms with Gasteiger partial charge in [-0.3, -0.25) is 4.79 Å². The number of nitrogens with two attached hydrogens (primary N) is 2. The molecule has 0 aromatic heterocycles. The van der Waals surface area contributed by atoms with Crippen molar-refractivity contribution < 1.29 is 14.7 Å². The summed E-state index contributed by atoms with van der Waals surface area (Å²) in [5.41, 5.74) is 8.77. The molecule has 70 valence electrons. The zero-order chi connectivity index (χ0) is 9.94. The second-order valence-corrected chi connectivity index (χ2v) is 2.78. The summed E-state index contributed by atoms with van der Waals surface area (Å²) in [6.45, 7) is 2.96. The minimum atomic E-state index is -1.83. The summed E-state index contributed by atoms with van der Waals surface area (Å²) in [7, 11) is 0. The summed E-state index contributed by atoms with van der Waals surface area (Å²) < 4.78 is 0.